The quantitative estimate of drug-likeness (QED) is 0.731. The van der Waals surface area contributed by atoms with Crippen LogP contribution in [0.5, 0.6) is 0 Å². The second-order valence-electron chi connectivity index (χ2n) is 4.75. The first kappa shape index (κ1) is 14.8. The van der Waals surface area contributed by atoms with Crippen molar-refractivity contribution in [3.05, 3.63) is 0 Å². The van der Waals surface area contributed by atoms with Crippen LogP contribution in [0.2, 0.25) is 0 Å². The van der Waals surface area contributed by atoms with Crippen molar-refractivity contribution >= 4 is 11.8 Å². The van der Waals surface area contributed by atoms with Gasteiger partial charge in [0.25, 0.3) is 6.43 Å². The summed E-state index contributed by atoms with van der Waals surface area (Å²) in [6, 6.07) is -0.610. The maximum atomic E-state index is 12.0. The highest BCUT2D eigenvalue weighted by atomic mass is 19.3. The van der Waals surface area contributed by atoms with Crippen LogP contribution in [0.25, 0.3) is 0 Å². The third kappa shape index (κ3) is 3.38. The molecule has 1 unspecified atom stereocenters. The van der Waals surface area contributed by atoms with Gasteiger partial charge in [0.2, 0.25) is 11.8 Å². The Morgan fingerprint density at radius 2 is 2.06 bits per heavy atom. The molecule has 0 spiro atoms. The number of halogens is 2. The third-order valence-electron chi connectivity index (χ3n) is 2.80. The van der Waals surface area contributed by atoms with Gasteiger partial charge < -0.3 is 15.0 Å². The zero-order valence-corrected chi connectivity index (χ0v) is 10.7. The number of alkyl halides is 2. The van der Waals surface area contributed by atoms with Gasteiger partial charge in [0.15, 0.2) is 0 Å². The summed E-state index contributed by atoms with van der Waals surface area (Å²) in [5.74, 6) is -0.497. The number of rotatable bonds is 5. The smallest absolute Gasteiger partial charge is 0.261 e. The molecule has 0 bridgehead atoms. The number of hydrogen-bond acceptors (Lipinski definition) is 3. The number of carbonyl (C=O) groups is 2. The predicted octanol–water partition coefficient (Wildman–Crippen LogP) is 0.394. The Balaban J connectivity index is 2.56. The molecule has 0 saturated carbocycles. The first-order valence-electron chi connectivity index (χ1n) is 5.74. The Labute approximate surface area is 104 Å². The van der Waals surface area contributed by atoms with Gasteiger partial charge >= 0.3 is 0 Å². The lowest BCUT2D eigenvalue weighted by Gasteiger charge is -2.41. The normalized spacial score (nSPS) is 23.4. The van der Waals surface area contributed by atoms with Gasteiger partial charge in [-0.05, 0) is 20.8 Å². The molecule has 7 heteroatoms. The van der Waals surface area contributed by atoms with E-state index in [9.17, 15) is 18.4 Å². The highest BCUT2D eigenvalue weighted by Crippen LogP contribution is 2.17. The van der Waals surface area contributed by atoms with Crippen LogP contribution in [-0.4, -0.2) is 54.5 Å². The number of nitrogens with zero attached hydrogens (tertiary/aromatic N) is 1. The topological polar surface area (TPSA) is 58.6 Å². The third-order valence-corrected chi connectivity index (χ3v) is 2.80. The van der Waals surface area contributed by atoms with Gasteiger partial charge in [0, 0.05) is 6.54 Å². The standard InChI is InChI=1S/C11H18F2N2O3/c1-7-9(16)14-11(2,3)10(17)15(7)4-5-18-6-8(12)13/h7-8H,4-6H2,1-3H3,(H,14,16). The summed E-state index contributed by atoms with van der Waals surface area (Å²) in [4.78, 5) is 25.0. The van der Waals surface area contributed by atoms with Crippen molar-refractivity contribution in [2.45, 2.75) is 38.8 Å². The molecule has 1 saturated heterocycles. The second-order valence-corrected chi connectivity index (χ2v) is 4.75. The van der Waals surface area contributed by atoms with Crippen molar-refractivity contribution in [1.82, 2.24) is 10.2 Å². The number of piperazine rings is 1. The van der Waals surface area contributed by atoms with E-state index in [2.05, 4.69) is 5.32 Å². The van der Waals surface area contributed by atoms with Crippen molar-refractivity contribution in [3.8, 4) is 0 Å². The van der Waals surface area contributed by atoms with Crippen LogP contribution in [0.1, 0.15) is 20.8 Å². The maximum absolute atomic E-state index is 12.0. The summed E-state index contributed by atoms with van der Waals surface area (Å²) in [5.41, 5.74) is -0.966. The Hall–Kier alpha value is -1.24. The molecule has 1 N–H and O–H groups in total. The highest BCUT2D eigenvalue weighted by molar-refractivity contribution is 5.99. The van der Waals surface area contributed by atoms with Crippen molar-refractivity contribution in [1.29, 1.82) is 0 Å². The van der Waals surface area contributed by atoms with Gasteiger partial charge in [0.05, 0.1) is 6.61 Å². The van der Waals surface area contributed by atoms with Crippen LogP contribution in [0.15, 0.2) is 0 Å². The fraction of sp³-hybridized carbons (Fsp3) is 0.818. The number of ether oxygens (including phenoxy) is 1. The Kier molecular flexibility index (Phi) is 4.61. The van der Waals surface area contributed by atoms with Crippen LogP contribution in [-0.2, 0) is 14.3 Å². The van der Waals surface area contributed by atoms with E-state index < -0.39 is 24.6 Å². The molecule has 1 aliphatic heterocycles. The van der Waals surface area contributed by atoms with Crippen molar-refractivity contribution < 1.29 is 23.1 Å². The lowest BCUT2D eigenvalue weighted by molar-refractivity contribution is -0.153. The number of nitrogens with one attached hydrogen (secondary N) is 1. The van der Waals surface area contributed by atoms with Crippen LogP contribution < -0.4 is 5.32 Å². The molecule has 0 aromatic heterocycles. The van der Waals surface area contributed by atoms with E-state index >= 15 is 0 Å². The minimum Gasteiger partial charge on any atom is -0.374 e. The van der Waals surface area contributed by atoms with E-state index in [-0.39, 0.29) is 25.0 Å². The average molecular weight is 264 g/mol. The Bertz CT molecular complexity index is 334. The minimum atomic E-state index is -2.53. The van der Waals surface area contributed by atoms with Gasteiger partial charge in [0.1, 0.15) is 18.2 Å². The Morgan fingerprint density at radius 3 is 2.61 bits per heavy atom. The summed E-state index contributed by atoms with van der Waals surface area (Å²) < 4.78 is 28.5. The molecular formula is C11H18F2N2O3. The summed E-state index contributed by atoms with van der Waals surface area (Å²) in [6.45, 7) is 4.26. The van der Waals surface area contributed by atoms with E-state index in [0.29, 0.717) is 0 Å². The van der Waals surface area contributed by atoms with Crippen molar-refractivity contribution in [2.75, 3.05) is 19.8 Å². The summed E-state index contributed by atoms with van der Waals surface area (Å²) in [7, 11) is 0. The summed E-state index contributed by atoms with van der Waals surface area (Å²) in [6.07, 6.45) is -2.53. The van der Waals surface area contributed by atoms with E-state index in [4.69, 9.17) is 4.74 Å². The van der Waals surface area contributed by atoms with Gasteiger partial charge in [-0.1, -0.05) is 0 Å². The fourth-order valence-corrected chi connectivity index (χ4v) is 1.77. The molecule has 2 amide bonds. The lowest BCUT2D eigenvalue weighted by atomic mass is 9.97. The van der Waals surface area contributed by atoms with E-state index in [1.807, 2.05) is 0 Å². The number of hydrogen-bond donors (Lipinski definition) is 1. The predicted molar refractivity (Wildman–Crippen MR) is 60.2 cm³/mol. The molecule has 0 aromatic carbocycles. The molecule has 0 aliphatic carbocycles. The molecule has 1 rings (SSSR count). The van der Waals surface area contributed by atoms with Gasteiger partial charge in [-0.15, -0.1) is 0 Å². The van der Waals surface area contributed by atoms with Crippen LogP contribution in [0.3, 0.4) is 0 Å². The second kappa shape index (κ2) is 5.60. The van der Waals surface area contributed by atoms with E-state index in [1.165, 1.54) is 4.90 Å². The van der Waals surface area contributed by atoms with Gasteiger partial charge in [-0.25, -0.2) is 8.78 Å². The molecular weight excluding hydrogens is 246 g/mol. The zero-order chi connectivity index (χ0) is 13.9. The summed E-state index contributed by atoms with van der Waals surface area (Å²) >= 11 is 0. The van der Waals surface area contributed by atoms with Gasteiger partial charge in [-0.2, -0.15) is 0 Å². The molecule has 0 aromatic rings. The highest BCUT2D eigenvalue weighted by Gasteiger charge is 2.42. The summed E-state index contributed by atoms with van der Waals surface area (Å²) in [5, 5.41) is 2.60. The SMILES string of the molecule is CC1C(=O)NC(C)(C)C(=O)N1CCOCC(F)F. The first-order chi connectivity index (χ1) is 8.25. The molecule has 5 nitrogen and oxygen atoms in total. The fourth-order valence-electron chi connectivity index (χ4n) is 1.77. The Morgan fingerprint density at radius 1 is 1.44 bits per heavy atom. The molecule has 104 valence electrons. The maximum Gasteiger partial charge on any atom is 0.261 e. The van der Waals surface area contributed by atoms with E-state index in [1.54, 1.807) is 20.8 Å². The minimum absolute atomic E-state index is 0.0101. The van der Waals surface area contributed by atoms with Crippen molar-refractivity contribution in [3.63, 3.8) is 0 Å². The zero-order valence-electron chi connectivity index (χ0n) is 10.7. The van der Waals surface area contributed by atoms with Crippen molar-refractivity contribution in [2.24, 2.45) is 0 Å². The van der Waals surface area contributed by atoms with Crippen LogP contribution >= 0.6 is 0 Å². The molecule has 1 atom stereocenters. The average Bonchev–Trinajstić information content (AvgIpc) is 2.25. The number of carbonyl (C=O) groups excluding carboxylic acids is 2. The molecule has 18 heavy (non-hydrogen) atoms. The van der Waals surface area contributed by atoms with Crippen LogP contribution in [0.4, 0.5) is 8.78 Å². The van der Waals surface area contributed by atoms with Crippen LogP contribution in [0, 0.1) is 0 Å². The van der Waals surface area contributed by atoms with E-state index in [0.717, 1.165) is 0 Å². The number of amides is 2. The first-order valence-corrected chi connectivity index (χ1v) is 5.74. The molecule has 1 aliphatic rings. The molecule has 1 heterocycles. The lowest BCUT2D eigenvalue weighted by Crippen LogP contribution is -2.67. The molecule has 0 radical (unpaired) electrons. The molecule has 1 fully saturated rings. The largest absolute Gasteiger partial charge is 0.374 e. The van der Waals surface area contributed by atoms with Gasteiger partial charge in [-0.3, -0.25) is 9.59 Å². The monoisotopic (exact) mass is 264 g/mol.